The van der Waals surface area contributed by atoms with Crippen LogP contribution >= 0.6 is 12.2 Å². The predicted molar refractivity (Wildman–Crippen MR) is 96.7 cm³/mol. The number of benzene rings is 2. The topological polar surface area (TPSA) is 50.4 Å². The maximum Gasteiger partial charge on any atom is 0.230 e. The Balaban J connectivity index is 1.83. The van der Waals surface area contributed by atoms with Crippen LogP contribution in [0.3, 0.4) is 0 Å². The second kappa shape index (κ2) is 8.29. The fourth-order valence-electron chi connectivity index (χ4n) is 2.00. The molecule has 0 aliphatic carbocycles. The Morgan fingerprint density at radius 3 is 2.35 bits per heavy atom. The van der Waals surface area contributed by atoms with Crippen molar-refractivity contribution in [1.82, 2.24) is 5.32 Å². The fourth-order valence-corrected chi connectivity index (χ4v) is 2.24. The molecule has 0 fully saturated rings. The molecule has 0 bridgehead atoms. The van der Waals surface area contributed by atoms with Gasteiger partial charge in [-0.25, -0.2) is 0 Å². The van der Waals surface area contributed by atoms with E-state index in [-0.39, 0.29) is 17.1 Å². The molecule has 0 aromatic heterocycles. The summed E-state index contributed by atoms with van der Waals surface area (Å²) in [7, 11) is 0. The summed E-state index contributed by atoms with van der Waals surface area (Å²) < 4.78 is 5.57. The van der Waals surface area contributed by atoms with Gasteiger partial charge >= 0.3 is 0 Å². The largest absolute Gasteiger partial charge is 0.491 e. The normalized spacial score (nSPS) is 10.2. The van der Waals surface area contributed by atoms with Gasteiger partial charge in [-0.2, -0.15) is 0 Å². The molecular formula is C18H20N2O2S. The van der Waals surface area contributed by atoms with E-state index in [2.05, 4.69) is 10.6 Å². The van der Waals surface area contributed by atoms with Crippen LogP contribution in [0.25, 0.3) is 0 Å². The average Bonchev–Trinajstić information content (AvgIpc) is 2.49. The Bertz CT molecular complexity index is 654. The number of thiocarbonyl (C=S) groups is 1. The van der Waals surface area contributed by atoms with E-state index in [4.69, 9.17) is 17.0 Å². The van der Waals surface area contributed by atoms with Crippen LogP contribution in [0.2, 0.25) is 0 Å². The number of ether oxygens (including phenoxy) is 1. The number of hydrogen-bond acceptors (Lipinski definition) is 3. The lowest BCUT2D eigenvalue weighted by atomic mass is 10.1. The van der Waals surface area contributed by atoms with Crippen molar-refractivity contribution in [3.05, 3.63) is 60.2 Å². The predicted octanol–water partition coefficient (Wildman–Crippen LogP) is 3.53. The van der Waals surface area contributed by atoms with Crippen LogP contribution in [-0.2, 0) is 11.2 Å². The lowest BCUT2D eigenvalue weighted by molar-refractivity contribution is -0.119. The number of amides is 1. The van der Waals surface area contributed by atoms with Gasteiger partial charge in [-0.15, -0.1) is 0 Å². The molecule has 0 spiro atoms. The number of carbonyl (C=O) groups excluding carboxylic acids is 1. The van der Waals surface area contributed by atoms with Gasteiger partial charge in [-0.1, -0.05) is 30.3 Å². The van der Waals surface area contributed by atoms with Crippen LogP contribution in [0.15, 0.2) is 54.6 Å². The smallest absolute Gasteiger partial charge is 0.230 e. The van der Waals surface area contributed by atoms with E-state index in [1.807, 2.05) is 68.4 Å². The summed E-state index contributed by atoms with van der Waals surface area (Å²) in [6.45, 7) is 3.95. The standard InChI is InChI=1S/C18H20N2O2S/c1-13(2)22-16-10-8-15(9-11-16)19-18(23)20-17(21)12-14-6-4-3-5-7-14/h3-11,13H,12H2,1-2H3,(H2,19,20,21,23). The fraction of sp³-hybridized carbons (Fsp3) is 0.222. The van der Waals surface area contributed by atoms with Crippen LogP contribution in [0.5, 0.6) is 5.75 Å². The summed E-state index contributed by atoms with van der Waals surface area (Å²) in [6, 6.07) is 17.0. The van der Waals surface area contributed by atoms with Gasteiger partial charge < -0.3 is 15.4 Å². The monoisotopic (exact) mass is 328 g/mol. The van der Waals surface area contributed by atoms with Crippen LogP contribution < -0.4 is 15.4 Å². The molecule has 120 valence electrons. The molecular weight excluding hydrogens is 308 g/mol. The molecule has 0 atom stereocenters. The van der Waals surface area contributed by atoms with E-state index < -0.39 is 0 Å². The molecule has 0 aliphatic rings. The first-order valence-corrected chi connectivity index (χ1v) is 7.85. The van der Waals surface area contributed by atoms with Gasteiger partial charge in [0, 0.05) is 5.69 Å². The minimum absolute atomic E-state index is 0.132. The summed E-state index contributed by atoms with van der Waals surface area (Å²) in [5.74, 6) is 0.651. The van der Waals surface area contributed by atoms with Gasteiger partial charge in [0.05, 0.1) is 12.5 Å². The molecule has 23 heavy (non-hydrogen) atoms. The van der Waals surface area contributed by atoms with Gasteiger partial charge in [0.2, 0.25) is 5.91 Å². The second-order valence-corrected chi connectivity index (χ2v) is 5.76. The summed E-state index contributed by atoms with van der Waals surface area (Å²) in [4.78, 5) is 11.9. The van der Waals surface area contributed by atoms with Crippen LogP contribution in [0, 0.1) is 0 Å². The summed E-state index contributed by atoms with van der Waals surface area (Å²) in [5.41, 5.74) is 1.74. The Morgan fingerprint density at radius 1 is 1.09 bits per heavy atom. The molecule has 0 unspecified atom stereocenters. The number of nitrogens with one attached hydrogen (secondary N) is 2. The molecule has 5 heteroatoms. The maximum atomic E-state index is 11.9. The number of rotatable bonds is 5. The molecule has 0 saturated heterocycles. The average molecular weight is 328 g/mol. The maximum absolute atomic E-state index is 11.9. The lowest BCUT2D eigenvalue weighted by Crippen LogP contribution is -2.35. The molecule has 0 aliphatic heterocycles. The summed E-state index contributed by atoms with van der Waals surface area (Å²) >= 11 is 5.16. The Hall–Kier alpha value is -2.40. The van der Waals surface area contributed by atoms with E-state index in [0.29, 0.717) is 6.42 Å². The second-order valence-electron chi connectivity index (χ2n) is 5.36. The molecule has 2 aromatic rings. The molecule has 1 amide bonds. The lowest BCUT2D eigenvalue weighted by Gasteiger charge is -2.12. The van der Waals surface area contributed by atoms with Crippen molar-refractivity contribution in [1.29, 1.82) is 0 Å². The third kappa shape index (κ3) is 6.08. The number of carbonyl (C=O) groups is 1. The van der Waals surface area contributed by atoms with Gasteiger partial charge in [0.1, 0.15) is 5.75 Å². The summed E-state index contributed by atoms with van der Waals surface area (Å²) in [5, 5.41) is 5.94. The number of anilines is 1. The quantitative estimate of drug-likeness (QED) is 0.825. The van der Waals surface area contributed by atoms with E-state index >= 15 is 0 Å². The Morgan fingerprint density at radius 2 is 1.74 bits per heavy atom. The first-order chi connectivity index (χ1) is 11.0. The molecule has 4 nitrogen and oxygen atoms in total. The van der Waals surface area contributed by atoms with Crippen molar-refractivity contribution in [2.45, 2.75) is 26.4 Å². The third-order valence-electron chi connectivity index (χ3n) is 2.94. The van der Waals surface area contributed by atoms with E-state index in [9.17, 15) is 4.79 Å². The van der Waals surface area contributed by atoms with Crippen LogP contribution in [0.4, 0.5) is 5.69 Å². The minimum Gasteiger partial charge on any atom is -0.491 e. The molecule has 2 N–H and O–H groups in total. The molecule has 2 rings (SSSR count). The first kappa shape index (κ1) is 17.0. The van der Waals surface area contributed by atoms with Crippen molar-refractivity contribution in [3.63, 3.8) is 0 Å². The zero-order chi connectivity index (χ0) is 16.7. The highest BCUT2D eigenvalue weighted by Gasteiger charge is 2.06. The van der Waals surface area contributed by atoms with Crippen molar-refractivity contribution in [2.75, 3.05) is 5.32 Å². The first-order valence-electron chi connectivity index (χ1n) is 7.44. The molecule has 0 saturated carbocycles. The van der Waals surface area contributed by atoms with E-state index in [1.54, 1.807) is 0 Å². The van der Waals surface area contributed by atoms with Crippen LogP contribution in [-0.4, -0.2) is 17.1 Å². The highest BCUT2D eigenvalue weighted by Crippen LogP contribution is 2.16. The van der Waals surface area contributed by atoms with Crippen molar-refractivity contribution in [2.24, 2.45) is 0 Å². The highest BCUT2D eigenvalue weighted by molar-refractivity contribution is 7.80. The van der Waals surface area contributed by atoms with Gasteiger partial charge in [0.15, 0.2) is 5.11 Å². The zero-order valence-corrected chi connectivity index (χ0v) is 14.0. The minimum atomic E-state index is -0.145. The van der Waals surface area contributed by atoms with Gasteiger partial charge in [-0.3, -0.25) is 4.79 Å². The van der Waals surface area contributed by atoms with Crippen molar-refractivity contribution in [3.8, 4) is 5.75 Å². The third-order valence-corrected chi connectivity index (χ3v) is 3.15. The van der Waals surface area contributed by atoms with E-state index in [1.165, 1.54) is 0 Å². The Kier molecular flexibility index (Phi) is 6.11. The van der Waals surface area contributed by atoms with Gasteiger partial charge in [-0.05, 0) is 55.9 Å². The SMILES string of the molecule is CC(C)Oc1ccc(NC(=S)NC(=O)Cc2ccccc2)cc1. The molecule has 0 radical (unpaired) electrons. The van der Waals surface area contributed by atoms with Crippen LogP contribution in [0.1, 0.15) is 19.4 Å². The zero-order valence-electron chi connectivity index (χ0n) is 13.2. The molecule has 2 aromatic carbocycles. The van der Waals surface area contributed by atoms with Crippen molar-refractivity contribution >= 4 is 28.9 Å². The van der Waals surface area contributed by atoms with Gasteiger partial charge in [0.25, 0.3) is 0 Å². The van der Waals surface area contributed by atoms with Crippen molar-refractivity contribution < 1.29 is 9.53 Å². The Labute approximate surface area is 141 Å². The summed E-state index contributed by atoms with van der Waals surface area (Å²) in [6.07, 6.45) is 0.427. The van der Waals surface area contributed by atoms with E-state index in [0.717, 1.165) is 17.0 Å². The highest BCUT2D eigenvalue weighted by atomic mass is 32.1. The molecule has 0 heterocycles. The number of hydrogen-bond donors (Lipinski definition) is 2.